The number of carboxylic acid groups (broad SMARTS) is 1. The zero-order chi connectivity index (χ0) is 21.7. The molecular weight excluding hydrogens is 394 g/mol. The number of hydrogen-bond donors (Lipinski definition) is 2. The van der Waals surface area contributed by atoms with Crippen LogP contribution in [0.25, 0.3) is 0 Å². The summed E-state index contributed by atoms with van der Waals surface area (Å²) in [5.74, 6) is -3.31. The molecule has 2 aromatic rings. The van der Waals surface area contributed by atoms with E-state index in [1.807, 2.05) is 0 Å². The number of fused-ring (bicyclic) bond motifs is 2. The quantitative estimate of drug-likeness (QED) is 0.719. The summed E-state index contributed by atoms with van der Waals surface area (Å²) in [7, 11) is 0. The zero-order valence-electron chi connectivity index (χ0n) is 16.8. The van der Waals surface area contributed by atoms with Gasteiger partial charge in [0, 0.05) is 23.1 Å². The van der Waals surface area contributed by atoms with Gasteiger partial charge in [-0.1, -0.05) is 24.3 Å². The molecule has 7 heteroatoms. The number of rotatable bonds is 6. The van der Waals surface area contributed by atoms with E-state index in [1.54, 1.807) is 30.3 Å². The van der Waals surface area contributed by atoms with E-state index in [1.165, 1.54) is 6.07 Å². The van der Waals surface area contributed by atoms with Gasteiger partial charge in [-0.2, -0.15) is 8.78 Å². The summed E-state index contributed by atoms with van der Waals surface area (Å²) in [5.41, 5.74) is -0.281. The van der Waals surface area contributed by atoms with E-state index >= 15 is 0 Å². The highest BCUT2D eigenvalue weighted by atomic mass is 19.3. The summed E-state index contributed by atoms with van der Waals surface area (Å²) in [6.45, 7) is 2.53. The van der Waals surface area contributed by atoms with Gasteiger partial charge < -0.3 is 19.7 Å². The van der Waals surface area contributed by atoms with Crippen LogP contribution in [0.4, 0.5) is 8.78 Å². The minimum Gasteiger partial charge on any atom is -0.492 e. The van der Waals surface area contributed by atoms with Gasteiger partial charge in [0.25, 0.3) is 0 Å². The van der Waals surface area contributed by atoms with Gasteiger partial charge in [-0.25, -0.2) is 0 Å². The van der Waals surface area contributed by atoms with Crippen molar-refractivity contribution < 1.29 is 33.3 Å². The minimum absolute atomic E-state index is 0.00139. The van der Waals surface area contributed by atoms with E-state index in [9.17, 15) is 18.7 Å². The number of carboxylic acids is 1. The van der Waals surface area contributed by atoms with Crippen molar-refractivity contribution in [2.24, 2.45) is 0 Å². The Labute approximate surface area is 173 Å². The molecule has 30 heavy (non-hydrogen) atoms. The highest BCUT2D eigenvalue weighted by Crippen LogP contribution is 2.46. The molecule has 0 spiro atoms. The molecule has 0 saturated carbocycles. The lowest BCUT2D eigenvalue weighted by Crippen LogP contribution is -2.40. The summed E-state index contributed by atoms with van der Waals surface area (Å²) >= 11 is 0. The van der Waals surface area contributed by atoms with Crippen molar-refractivity contribution in [2.45, 2.75) is 56.7 Å². The second-order valence-electron chi connectivity index (χ2n) is 8.46. The second-order valence-corrected chi connectivity index (χ2v) is 8.46. The van der Waals surface area contributed by atoms with Gasteiger partial charge in [0.2, 0.25) is 0 Å². The fraction of sp³-hybridized carbons (Fsp3) is 0.435. The van der Waals surface area contributed by atoms with Crippen molar-refractivity contribution in [2.75, 3.05) is 6.61 Å². The van der Waals surface area contributed by atoms with Crippen LogP contribution < -0.4 is 9.47 Å². The van der Waals surface area contributed by atoms with Crippen molar-refractivity contribution in [1.29, 1.82) is 0 Å². The predicted molar refractivity (Wildman–Crippen MR) is 105 cm³/mol. The van der Waals surface area contributed by atoms with Gasteiger partial charge in [0.1, 0.15) is 23.2 Å². The maximum Gasteiger partial charge on any atom is 0.304 e. The van der Waals surface area contributed by atoms with Crippen LogP contribution >= 0.6 is 0 Å². The lowest BCUT2D eigenvalue weighted by atomic mass is 9.89. The van der Waals surface area contributed by atoms with Gasteiger partial charge in [-0.15, -0.1) is 0 Å². The molecule has 0 radical (unpaired) electrons. The van der Waals surface area contributed by atoms with Gasteiger partial charge in [-0.05, 0) is 43.9 Å². The molecule has 1 aliphatic heterocycles. The van der Waals surface area contributed by atoms with Crippen LogP contribution in [0.15, 0.2) is 36.4 Å². The normalized spacial score (nSPS) is 20.4. The molecule has 160 valence electrons. The van der Waals surface area contributed by atoms with Gasteiger partial charge in [0.15, 0.2) is 0 Å². The molecule has 1 aliphatic carbocycles. The number of aliphatic hydroxyl groups is 1. The maximum absolute atomic E-state index is 14.8. The Morgan fingerprint density at radius 2 is 2.00 bits per heavy atom. The summed E-state index contributed by atoms with van der Waals surface area (Å²) in [6, 6.07) is 10.0. The SMILES string of the molecule is CC(C)(O)C(F)(F)c1cccc2c1CCC2Oc1ccc2c(c1)OCC2CC(=O)O. The van der Waals surface area contributed by atoms with E-state index in [4.69, 9.17) is 14.6 Å². The highest BCUT2D eigenvalue weighted by Gasteiger charge is 2.49. The molecule has 0 bridgehead atoms. The van der Waals surface area contributed by atoms with Crippen LogP contribution in [-0.2, 0) is 17.1 Å². The largest absolute Gasteiger partial charge is 0.492 e. The smallest absolute Gasteiger partial charge is 0.304 e. The summed E-state index contributed by atoms with van der Waals surface area (Å²) in [4.78, 5) is 11.0. The summed E-state index contributed by atoms with van der Waals surface area (Å²) in [5, 5.41) is 19.0. The first kappa shape index (κ1) is 20.6. The molecule has 0 amide bonds. The van der Waals surface area contributed by atoms with Crippen LogP contribution in [-0.4, -0.2) is 28.4 Å². The Morgan fingerprint density at radius 3 is 2.70 bits per heavy atom. The number of alkyl halides is 2. The Hall–Kier alpha value is -2.67. The van der Waals surface area contributed by atoms with E-state index in [0.29, 0.717) is 42.1 Å². The predicted octanol–water partition coefficient (Wildman–Crippen LogP) is 4.57. The third-order valence-corrected chi connectivity index (χ3v) is 5.89. The standard InChI is InChI=1S/C23H24F2O5/c1-22(2,28)23(24,25)18-5-3-4-17-16(18)8-9-19(17)30-14-6-7-15-13(10-21(26)27)12-29-20(15)11-14/h3-7,11,13,19,28H,8-10,12H2,1-2H3,(H,26,27). The van der Waals surface area contributed by atoms with Crippen molar-refractivity contribution >= 4 is 5.97 Å². The van der Waals surface area contributed by atoms with E-state index < -0.39 is 17.5 Å². The number of halogens is 2. The minimum atomic E-state index is -3.38. The summed E-state index contributed by atoms with van der Waals surface area (Å²) in [6.07, 6.45) is 0.603. The molecule has 1 heterocycles. The molecule has 2 N–H and O–H groups in total. The first-order valence-electron chi connectivity index (χ1n) is 9.95. The van der Waals surface area contributed by atoms with E-state index in [0.717, 1.165) is 19.4 Å². The van der Waals surface area contributed by atoms with E-state index in [-0.39, 0.29) is 24.0 Å². The second kappa shape index (κ2) is 7.23. The number of benzene rings is 2. The van der Waals surface area contributed by atoms with Gasteiger partial charge in [0.05, 0.1) is 13.0 Å². The van der Waals surface area contributed by atoms with Crippen molar-refractivity contribution in [3.8, 4) is 11.5 Å². The third-order valence-electron chi connectivity index (χ3n) is 5.89. The van der Waals surface area contributed by atoms with Gasteiger partial charge >= 0.3 is 11.9 Å². The Bertz CT molecular complexity index is 980. The van der Waals surface area contributed by atoms with Crippen LogP contribution in [0.5, 0.6) is 11.5 Å². The Morgan fingerprint density at radius 1 is 1.23 bits per heavy atom. The van der Waals surface area contributed by atoms with Crippen LogP contribution in [0, 0.1) is 0 Å². The maximum atomic E-state index is 14.8. The molecule has 2 aliphatic rings. The lowest BCUT2D eigenvalue weighted by Gasteiger charge is -2.31. The van der Waals surface area contributed by atoms with Crippen LogP contribution in [0.2, 0.25) is 0 Å². The molecule has 0 saturated heterocycles. The topological polar surface area (TPSA) is 76.0 Å². The van der Waals surface area contributed by atoms with Crippen LogP contribution in [0.1, 0.15) is 61.0 Å². The molecule has 5 nitrogen and oxygen atoms in total. The first-order chi connectivity index (χ1) is 14.1. The first-order valence-corrected chi connectivity index (χ1v) is 9.95. The highest BCUT2D eigenvalue weighted by molar-refractivity contribution is 5.68. The number of aliphatic carboxylic acids is 1. The average Bonchev–Trinajstić information content (AvgIpc) is 3.24. The fourth-order valence-corrected chi connectivity index (χ4v) is 4.24. The van der Waals surface area contributed by atoms with Crippen molar-refractivity contribution in [3.63, 3.8) is 0 Å². The summed E-state index contributed by atoms with van der Waals surface area (Å²) < 4.78 is 41.3. The third kappa shape index (κ3) is 3.51. The fourth-order valence-electron chi connectivity index (χ4n) is 4.24. The molecular formula is C23H24F2O5. The number of carbonyl (C=O) groups is 1. The molecule has 2 atom stereocenters. The van der Waals surface area contributed by atoms with E-state index in [2.05, 4.69) is 0 Å². The number of hydrogen-bond acceptors (Lipinski definition) is 4. The monoisotopic (exact) mass is 418 g/mol. The van der Waals surface area contributed by atoms with Crippen molar-refractivity contribution in [1.82, 2.24) is 0 Å². The lowest BCUT2D eigenvalue weighted by molar-refractivity contribution is -0.169. The Kier molecular flexibility index (Phi) is 4.97. The van der Waals surface area contributed by atoms with Gasteiger partial charge in [-0.3, -0.25) is 4.79 Å². The number of ether oxygens (including phenoxy) is 2. The Balaban J connectivity index is 1.57. The zero-order valence-corrected chi connectivity index (χ0v) is 16.8. The average molecular weight is 418 g/mol. The van der Waals surface area contributed by atoms with Crippen LogP contribution in [0.3, 0.4) is 0 Å². The molecule has 0 aromatic heterocycles. The molecule has 0 fully saturated rings. The van der Waals surface area contributed by atoms with Crippen molar-refractivity contribution in [3.05, 3.63) is 58.7 Å². The molecule has 2 unspecified atom stereocenters. The molecule has 2 aromatic carbocycles. The molecule has 4 rings (SSSR count).